The minimum atomic E-state index is -0.406. The molecule has 0 spiro atoms. The minimum Gasteiger partial charge on any atom is -0.483 e. The molecule has 1 aromatic carbocycles. The maximum atomic E-state index is 12.3. The Morgan fingerprint density at radius 2 is 2.12 bits per heavy atom. The number of benzene rings is 1. The number of methoxy groups -OCH3 is 1. The van der Waals surface area contributed by atoms with Crippen LogP contribution in [0.15, 0.2) is 36.9 Å². The number of fused-ring (bicyclic) bond motifs is 1. The van der Waals surface area contributed by atoms with Gasteiger partial charge in [-0.25, -0.2) is 4.79 Å². The lowest BCUT2D eigenvalue weighted by Crippen LogP contribution is -2.21. The van der Waals surface area contributed by atoms with Crippen LogP contribution in [0.5, 0.6) is 5.75 Å². The summed E-state index contributed by atoms with van der Waals surface area (Å²) in [5, 5.41) is 3.36. The summed E-state index contributed by atoms with van der Waals surface area (Å²) in [6.07, 6.45) is 5.27. The molecule has 0 radical (unpaired) electrons. The molecular formula is C20H21NO4S. The molecule has 0 fully saturated rings. The number of thiophene rings is 1. The highest BCUT2D eigenvalue weighted by Crippen LogP contribution is 2.39. The van der Waals surface area contributed by atoms with E-state index in [0.29, 0.717) is 22.7 Å². The zero-order valence-corrected chi connectivity index (χ0v) is 15.5. The second-order valence-electron chi connectivity index (χ2n) is 5.99. The number of allylic oxidation sites excluding steroid dienone is 1. The smallest absolute Gasteiger partial charge is 0.341 e. The molecule has 0 bridgehead atoms. The van der Waals surface area contributed by atoms with E-state index >= 15 is 0 Å². The molecular weight excluding hydrogens is 350 g/mol. The lowest BCUT2D eigenvalue weighted by molar-refractivity contribution is -0.118. The molecule has 5 nitrogen and oxygen atoms in total. The third-order valence-electron chi connectivity index (χ3n) is 4.26. The van der Waals surface area contributed by atoms with Gasteiger partial charge in [0, 0.05) is 4.88 Å². The zero-order valence-electron chi connectivity index (χ0n) is 14.7. The molecule has 1 N–H and O–H groups in total. The summed E-state index contributed by atoms with van der Waals surface area (Å²) in [4.78, 5) is 25.6. The van der Waals surface area contributed by atoms with Crippen molar-refractivity contribution in [2.75, 3.05) is 19.0 Å². The van der Waals surface area contributed by atoms with Gasteiger partial charge in [0.1, 0.15) is 10.8 Å². The van der Waals surface area contributed by atoms with Gasteiger partial charge in [-0.3, -0.25) is 4.79 Å². The molecule has 1 heterocycles. The van der Waals surface area contributed by atoms with Crippen LogP contribution in [-0.4, -0.2) is 25.6 Å². The first kappa shape index (κ1) is 18.2. The van der Waals surface area contributed by atoms with Crippen molar-refractivity contribution in [3.63, 3.8) is 0 Å². The Labute approximate surface area is 156 Å². The molecule has 0 saturated carbocycles. The Balaban J connectivity index is 1.70. The average molecular weight is 371 g/mol. The largest absolute Gasteiger partial charge is 0.483 e. The van der Waals surface area contributed by atoms with Crippen molar-refractivity contribution in [3.05, 3.63) is 58.5 Å². The molecule has 136 valence electrons. The number of para-hydroxylation sites is 1. The van der Waals surface area contributed by atoms with E-state index < -0.39 is 5.97 Å². The Hall–Kier alpha value is -2.60. The van der Waals surface area contributed by atoms with Crippen LogP contribution in [0.25, 0.3) is 0 Å². The first-order valence-corrected chi connectivity index (χ1v) is 9.30. The fourth-order valence-corrected chi connectivity index (χ4v) is 4.38. The number of aryl methyl sites for hydroxylation is 1. The summed E-state index contributed by atoms with van der Waals surface area (Å²) < 4.78 is 10.5. The zero-order chi connectivity index (χ0) is 18.5. The van der Waals surface area contributed by atoms with Crippen molar-refractivity contribution >= 4 is 28.2 Å². The van der Waals surface area contributed by atoms with Crippen molar-refractivity contribution in [1.82, 2.24) is 0 Å². The van der Waals surface area contributed by atoms with Gasteiger partial charge in [0.15, 0.2) is 6.61 Å². The van der Waals surface area contributed by atoms with Crippen LogP contribution in [-0.2, 0) is 28.8 Å². The highest BCUT2D eigenvalue weighted by atomic mass is 32.1. The number of ether oxygens (including phenoxy) is 2. The minimum absolute atomic E-state index is 0.128. The fraction of sp³-hybridized carbons (Fsp3) is 0.300. The van der Waals surface area contributed by atoms with Crippen LogP contribution in [0.4, 0.5) is 5.00 Å². The molecule has 26 heavy (non-hydrogen) atoms. The van der Waals surface area contributed by atoms with Gasteiger partial charge in [0.25, 0.3) is 5.91 Å². The van der Waals surface area contributed by atoms with Crippen molar-refractivity contribution < 1.29 is 19.1 Å². The van der Waals surface area contributed by atoms with Gasteiger partial charge in [-0.05, 0) is 42.9 Å². The van der Waals surface area contributed by atoms with E-state index in [-0.39, 0.29) is 12.5 Å². The molecule has 0 atom stereocenters. The second-order valence-corrected chi connectivity index (χ2v) is 7.10. The number of rotatable bonds is 7. The number of amides is 1. The second kappa shape index (κ2) is 8.19. The van der Waals surface area contributed by atoms with Crippen molar-refractivity contribution in [2.45, 2.75) is 25.7 Å². The van der Waals surface area contributed by atoms with Gasteiger partial charge in [-0.15, -0.1) is 17.9 Å². The molecule has 1 aliphatic rings. The Bertz CT molecular complexity index is 840. The van der Waals surface area contributed by atoms with Crippen molar-refractivity contribution in [1.29, 1.82) is 0 Å². The Kier molecular flexibility index (Phi) is 5.73. The first-order chi connectivity index (χ1) is 12.6. The van der Waals surface area contributed by atoms with Crippen LogP contribution in [0.3, 0.4) is 0 Å². The highest BCUT2D eigenvalue weighted by Gasteiger charge is 2.28. The van der Waals surface area contributed by atoms with Crippen LogP contribution in [0.1, 0.15) is 32.8 Å². The quantitative estimate of drug-likeness (QED) is 0.594. The lowest BCUT2D eigenvalue weighted by atomic mass is 10.1. The maximum absolute atomic E-state index is 12.3. The standard InChI is InChI=1S/C20H21NO4S/c1-3-7-13-8-4-5-10-15(13)25-12-17(22)21-19-18(20(23)24-2)14-9-6-11-16(14)26-19/h3-5,8,10H,1,6-7,9,11-12H2,2H3,(H,21,22). The molecule has 1 aromatic heterocycles. The van der Waals surface area contributed by atoms with E-state index in [1.54, 1.807) is 6.08 Å². The average Bonchev–Trinajstić information content (AvgIpc) is 3.21. The fourth-order valence-electron chi connectivity index (χ4n) is 3.09. The normalized spacial score (nSPS) is 12.3. The summed E-state index contributed by atoms with van der Waals surface area (Å²) in [6.45, 7) is 3.60. The molecule has 6 heteroatoms. The van der Waals surface area contributed by atoms with Crippen molar-refractivity contribution in [2.24, 2.45) is 0 Å². The topological polar surface area (TPSA) is 64.6 Å². The van der Waals surface area contributed by atoms with Crippen molar-refractivity contribution in [3.8, 4) is 5.75 Å². The predicted octanol–water partition coefficient (Wildman–Crippen LogP) is 3.77. The number of hydrogen-bond donors (Lipinski definition) is 1. The monoisotopic (exact) mass is 371 g/mol. The SMILES string of the molecule is C=CCc1ccccc1OCC(=O)Nc1sc2c(c1C(=O)OC)CCC2. The summed E-state index contributed by atoms with van der Waals surface area (Å²) in [7, 11) is 1.35. The summed E-state index contributed by atoms with van der Waals surface area (Å²) in [5.74, 6) is -0.0511. The molecule has 1 amide bonds. The van der Waals surface area contributed by atoms with E-state index in [1.807, 2.05) is 24.3 Å². The molecule has 1 aliphatic carbocycles. The van der Waals surface area contributed by atoms with E-state index in [4.69, 9.17) is 9.47 Å². The number of nitrogens with one attached hydrogen (secondary N) is 1. The summed E-state index contributed by atoms with van der Waals surface area (Å²) in [6, 6.07) is 7.54. The van der Waals surface area contributed by atoms with Gasteiger partial charge in [-0.1, -0.05) is 24.3 Å². The van der Waals surface area contributed by atoms with Gasteiger partial charge in [-0.2, -0.15) is 0 Å². The number of carbonyl (C=O) groups is 2. The number of esters is 1. The molecule has 3 rings (SSSR count). The lowest BCUT2D eigenvalue weighted by Gasteiger charge is -2.11. The van der Waals surface area contributed by atoms with Gasteiger partial charge >= 0.3 is 5.97 Å². The third-order valence-corrected chi connectivity index (χ3v) is 5.47. The van der Waals surface area contributed by atoms with Crippen LogP contribution in [0, 0.1) is 0 Å². The summed E-state index contributed by atoms with van der Waals surface area (Å²) >= 11 is 1.45. The maximum Gasteiger partial charge on any atom is 0.341 e. The van der Waals surface area contributed by atoms with E-state index in [2.05, 4.69) is 11.9 Å². The first-order valence-electron chi connectivity index (χ1n) is 8.48. The van der Waals surface area contributed by atoms with E-state index in [9.17, 15) is 9.59 Å². The molecule has 0 saturated heterocycles. The third kappa shape index (κ3) is 3.80. The highest BCUT2D eigenvalue weighted by molar-refractivity contribution is 7.17. The van der Waals surface area contributed by atoms with Crippen LogP contribution < -0.4 is 10.1 Å². The molecule has 0 aliphatic heterocycles. The van der Waals surface area contributed by atoms with Crippen LogP contribution in [0.2, 0.25) is 0 Å². The van der Waals surface area contributed by atoms with Crippen LogP contribution >= 0.6 is 11.3 Å². The Morgan fingerprint density at radius 1 is 1.31 bits per heavy atom. The van der Waals surface area contributed by atoms with E-state index in [1.165, 1.54) is 18.4 Å². The van der Waals surface area contributed by atoms with Gasteiger partial charge in [0.2, 0.25) is 0 Å². The number of hydrogen-bond acceptors (Lipinski definition) is 5. The Morgan fingerprint density at radius 3 is 2.88 bits per heavy atom. The van der Waals surface area contributed by atoms with Gasteiger partial charge < -0.3 is 14.8 Å². The molecule has 2 aromatic rings. The predicted molar refractivity (Wildman–Crippen MR) is 102 cm³/mol. The number of anilines is 1. The summed E-state index contributed by atoms with van der Waals surface area (Å²) in [5.41, 5.74) is 2.47. The van der Waals surface area contributed by atoms with E-state index in [0.717, 1.165) is 35.3 Å². The van der Waals surface area contributed by atoms with Gasteiger partial charge in [0.05, 0.1) is 12.7 Å². The number of carbonyl (C=O) groups excluding carboxylic acids is 2. The molecule has 0 unspecified atom stereocenters.